The number of thiazole rings is 1. The molecular weight excluding hydrogens is 395 g/mol. The second-order valence-electron chi connectivity index (χ2n) is 8.38. The zero-order valence-electron chi connectivity index (χ0n) is 16.7. The molecule has 1 unspecified atom stereocenters. The minimum absolute atomic E-state index is 0.0697. The number of nitrogens with one attached hydrogen (secondary N) is 2. The molecule has 2 N–H and O–H groups in total. The van der Waals surface area contributed by atoms with Gasteiger partial charge in [-0.3, -0.25) is 14.5 Å². The Morgan fingerprint density at radius 1 is 1.28 bits per heavy atom. The molecule has 0 aliphatic carbocycles. The monoisotopic (exact) mass is 418 g/mol. The molecule has 29 heavy (non-hydrogen) atoms. The SMILES string of the molecule is CC(C)(C)Cc1csc(NC(=O)CN2C(=O)NC(C)(c3ccc(F)cc3)C2=O)n1. The van der Waals surface area contributed by atoms with Gasteiger partial charge in [0, 0.05) is 5.38 Å². The summed E-state index contributed by atoms with van der Waals surface area (Å²) in [5.41, 5.74) is 0.0235. The lowest BCUT2D eigenvalue weighted by Gasteiger charge is -2.22. The van der Waals surface area contributed by atoms with Crippen LogP contribution in [-0.2, 0) is 21.5 Å². The lowest BCUT2D eigenvalue weighted by Crippen LogP contribution is -2.42. The molecule has 0 spiro atoms. The van der Waals surface area contributed by atoms with E-state index in [0.717, 1.165) is 17.0 Å². The molecule has 2 aromatic rings. The maximum absolute atomic E-state index is 13.2. The van der Waals surface area contributed by atoms with E-state index in [2.05, 4.69) is 36.4 Å². The quantitative estimate of drug-likeness (QED) is 0.729. The molecule has 1 aromatic heterocycles. The summed E-state index contributed by atoms with van der Waals surface area (Å²) < 4.78 is 13.2. The van der Waals surface area contributed by atoms with Gasteiger partial charge < -0.3 is 10.6 Å². The third kappa shape index (κ3) is 4.61. The van der Waals surface area contributed by atoms with Crippen molar-refractivity contribution < 1.29 is 18.8 Å². The molecule has 1 aliphatic heterocycles. The van der Waals surface area contributed by atoms with E-state index in [-0.39, 0.29) is 5.41 Å². The largest absolute Gasteiger partial charge is 0.325 e. The first kappa shape index (κ1) is 20.9. The number of carbonyl (C=O) groups is 3. The van der Waals surface area contributed by atoms with E-state index in [4.69, 9.17) is 0 Å². The van der Waals surface area contributed by atoms with Crippen LogP contribution in [0.4, 0.5) is 14.3 Å². The Kier molecular flexibility index (Phi) is 5.44. The summed E-state index contributed by atoms with van der Waals surface area (Å²) in [5, 5.41) is 7.52. The molecule has 1 atom stereocenters. The molecule has 154 valence electrons. The van der Waals surface area contributed by atoms with Gasteiger partial charge in [0.2, 0.25) is 5.91 Å². The van der Waals surface area contributed by atoms with Crippen molar-refractivity contribution in [3.8, 4) is 0 Å². The second kappa shape index (κ2) is 7.55. The Labute approximate surface area is 172 Å². The summed E-state index contributed by atoms with van der Waals surface area (Å²) in [5.74, 6) is -1.54. The van der Waals surface area contributed by atoms with Crippen molar-refractivity contribution in [2.45, 2.75) is 39.7 Å². The summed E-state index contributed by atoms with van der Waals surface area (Å²) in [4.78, 5) is 42.8. The van der Waals surface area contributed by atoms with Gasteiger partial charge >= 0.3 is 6.03 Å². The molecule has 9 heteroatoms. The lowest BCUT2D eigenvalue weighted by molar-refractivity contribution is -0.133. The molecule has 1 saturated heterocycles. The molecule has 0 radical (unpaired) electrons. The van der Waals surface area contributed by atoms with Crippen molar-refractivity contribution in [1.82, 2.24) is 15.2 Å². The molecule has 3 rings (SSSR count). The summed E-state index contributed by atoms with van der Waals surface area (Å²) in [6, 6.07) is 4.62. The summed E-state index contributed by atoms with van der Waals surface area (Å²) in [6.45, 7) is 7.38. The smallest absolute Gasteiger partial charge is 0.319 e. The second-order valence-corrected chi connectivity index (χ2v) is 9.24. The standard InChI is InChI=1S/C20H23FN4O3S/c1-19(2,3)9-14-11-29-17(22-14)23-15(26)10-25-16(27)20(4,24-18(25)28)12-5-7-13(21)8-6-12/h5-8,11H,9-10H2,1-4H3,(H,24,28)(H,22,23,26). The van der Waals surface area contributed by atoms with Crippen molar-refractivity contribution in [3.05, 3.63) is 46.7 Å². The van der Waals surface area contributed by atoms with E-state index in [1.165, 1.54) is 42.5 Å². The van der Waals surface area contributed by atoms with Crippen molar-refractivity contribution in [2.75, 3.05) is 11.9 Å². The highest BCUT2D eigenvalue weighted by molar-refractivity contribution is 7.13. The van der Waals surface area contributed by atoms with Gasteiger partial charge in [0.05, 0.1) is 5.69 Å². The number of rotatable bonds is 5. The van der Waals surface area contributed by atoms with Crippen molar-refractivity contribution in [3.63, 3.8) is 0 Å². The van der Waals surface area contributed by atoms with E-state index in [1.54, 1.807) is 0 Å². The first-order valence-electron chi connectivity index (χ1n) is 9.12. The molecule has 4 amide bonds. The van der Waals surface area contributed by atoms with Gasteiger partial charge in [-0.25, -0.2) is 14.2 Å². The number of halogens is 1. The predicted molar refractivity (Wildman–Crippen MR) is 108 cm³/mol. The zero-order valence-corrected chi connectivity index (χ0v) is 17.5. The highest BCUT2D eigenvalue weighted by Crippen LogP contribution is 2.29. The Bertz CT molecular complexity index is 951. The Balaban J connectivity index is 1.67. The van der Waals surface area contributed by atoms with Crippen LogP contribution in [0.3, 0.4) is 0 Å². The van der Waals surface area contributed by atoms with Crippen LogP contribution < -0.4 is 10.6 Å². The minimum atomic E-state index is -1.36. The molecule has 1 aliphatic rings. The average Bonchev–Trinajstić information content (AvgIpc) is 3.12. The van der Waals surface area contributed by atoms with Crippen LogP contribution in [-0.4, -0.2) is 34.3 Å². The van der Waals surface area contributed by atoms with Gasteiger partial charge in [0.25, 0.3) is 5.91 Å². The third-order valence-electron chi connectivity index (χ3n) is 4.51. The number of urea groups is 1. The van der Waals surface area contributed by atoms with Crippen LogP contribution in [0, 0.1) is 11.2 Å². The van der Waals surface area contributed by atoms with Gasteiger partial charge in [-0.2, -0.15) is 0 Å². The fraction of sp³-hybridized carbons (Fsp3) is 0.400. The Morgan fingerprint density at radius 2 is 1.93 bits per heavy atom. The number of hydrogen-bond donors (Lipinski definition) is 2. The minimum Gasteiger partial charge on any atom is -0.319 e. The zero-order chi connectivity index (χ0) is 21.4. The van der Waals surface area contributed by atoms with E-state index in [1.807, 2.05) is 5.38 Å². The van der Waals surface area contributed by atoms with Gasteiger partial charge in [-0.1, -0.05) is 32.9 Å². The number of hydrogen-bond acceptors (Lipinski definition) is 5. The molecule has 2 heterocycles. The van der Waals surface area contributed by atoms with E-state index in [9.17, 15) is 18.8 Å². The number of imide groups is 1. The topological polar surface area (TPSA) is 91.4 Å². The molecule has 7 nitrogen and oxygen atoms in total. The normalized spacial score (nSPS) is 19.4. The number of amides is 4. The van der Waals surface area contributed by atoms with Crippen molar-refractivity contribution in [1.29, 1.82) is 0 Å². The van der Waals surface area contributed by atoms with Gasteiger partial charge in [-0.05, 0) is 36.5 Å². The molecular formula is C20H23FN4O3S. The molecule has 0 bridgehead atoms. The fourth-order valence-corrected chi connectivity index (χ4v) is 3.84. The summed E-state index contributed by atoms with van der Waals surface area (Å²) >= 11 is 1.29. The van der Waals surface area contributed by atoms with E-state index in [0.29, 0.717) is 10.7 Å². The first-order chi connectivity index (χ1) is 13.5. The number of nitrogens with zero attached hydrogens (tertiary/aromatic N) is 2. The van der Waals surface area contributed by atoms with E-state index < -0.39 is 35.7 Å². The van der Waals surface area contributed by atoms with Crippen LogP contribution in [0.5, 0.6) is 0 Å². The molecule has 0 saturated carbocycles. The summed E-state index contributed by atoms with van der Waals surface area (Å²) in [6.07, 6.45) is 0.766. The lowest BCUT2D eigenvalue weighted by atomic mass is 9.91. The first-order valence-corrected chi connectivity index (χ1v) is 10.0. The average molecular weight is 418 g/mol. The predicted octanol–water partition coefficient (Wildman–Crippen LogP) is 3.28. The van der Waals surface area contributed by atoms with E-state index >= 15 is 0 Å². The fourth-order valence-electron chi connectivity index (χ4n) is 3.11. The number of aromatic nitrogens is 1. The Morgan fingerprint density at radius 3 is 2.55 bits per heavy atom. The highest BCUT2D eigenvalue weighted by Gasteiger charge is 2.49. The van der Waals surface area contributed by atoms with Gasteiger partial charge in [-0.15, -0.1) is 11.3 Å². The number of benzene rings is 1. The van der Waals surface area contributed by atoms with Crippen molar-refractivity contribution in [2.24, 2.45) is 5.41 Å². The number of anilines is 1. The van der Waals surface area contributed by atoms with Crippen LogP contribution in [0.15, 0.2) is 29.6 Å². The maximum atomic E-state index is 13.2. The number of carbonyl (C=O) groups excluding carboxylic acids is 3. The van der Waals surface area contributed by atoms with Crippen LogP contribution >= 0.6 is 11.3 Å². The molecule has 1 fully saturated rings. The van der Waals surface area contributed by atoms with Gasteiger partial charge in [0.1, 0.15) is 17.9 Å². The third-order valence-corrected chi connectivity index (χ3v) is 5.31. The van der Waals surface area contributed by atoms with Crippen LogP contribution in [0.2, 0.25) is 0 Å². The van der Waals surface area contributed by atoms with Crippen LogP contribution in [0.25, 0.3) is 0 Å². The van der Waals surface area contributed by atoms with Crippen molar-refractivity contribution >= 4 is 34.3 Å². The highest BCUT2D eigenvalue weighted by atomic mass is 32.1. The summed E-state index contributed by atoms with van der Waals surface area (Å²) in [7, 11) is 0. The van der Waals surface area contributed by atoms with Gasteiger partial charge in [0.15, 0.2) is 5.13 Å². The maximum Gasteiger partial charge on any atom is 0.325 e. The van der Waals surface area contributed by atoms with Crippen LogP contribution in [0.1, 0.15) is 39.0 Å². The molecule has 1 aromatic carbocycles. The Hall–Kier alpha value is -2.81.